The van der Waals surface area contributed by atoms with Crippen LogP contribution in [0.3, 0.4) is 0 Å². The highest BCUT2D eigenvalue weighted by Crippen LogP contribution is 2.49. The second-order valence-corrected chi connectivity index (χ2v) is 14.3. The number of rotatable bonds is 4. The van der Waals surface area contributed by atoms with Gasteiger partial charge in [-0.15, -0.1) is 0 Å². The first-order chi connectivity index (χ1) is 19.2. The van der Waals surface area contributed by atoms with Gasteiger partial charge >= 0.3 is 6.09 Å². The van der Waals surface area contributed by atoms with Gasteiger partial charge in [-0.2, -0.15) is 4.31 Å². The minimum Gasteiger partial charge on any atom is -0.444 e. The molecule has 3 aromatic rings. The van der Waals surface area contributed by atoms with Gasteiger partial charge in [0.15, 0.2) is 0 Å². The molecule has 3 aliphatic rings. The summed E-state index contributed by atoms with van der Waals surface area (Å²) in [5.74, 6) is -0.311. The Morgan fingerprint density at radius 3 is 2.59 bits per heavy atom. The van der Waals surface area contributed by atoms with Crippen LogP contribution in [0, 0.1) is 18.2 Å². The number of hydrogen-bond acceptors (Lipinski definition) is 9. The zero-order chi connectivity index (χ0) is 29.3. The van der Waals surface area contributed by atoms with E-state index in [0.29, 0.717) is 24.2 Å². The molecule has 2 atom stereocenters. The third-order valence-electron chi connectivity index (χ3n) is 8.00. The van der Waals surface area contributed by atoms with Gasteiger partial charge in [0, 0.05) is 55.4 Å². The summed E-state index contributed by atoms with van der Waals surface area (Å²) in [7, 11) is -3.39. The number of aryl methyl sites for hydroxylation is 1. The number of sulfonamides is 1. The van der Waals surface area contributed by atoms with Crippen molar-refractivity contribution in [3.05, 3.63) is 52.7 Å². The molecule has 2 saturated heterocycles. The molecule has 218 valence electrons. The fourth-order valence-electron chi connectivity index (χ4n) is 5.94. The summed E-state index contributed by atoms with van der Waals surface area (Å²) < 4.78 is 45.9. The number of amides is 1. The highest BCUT2D eigenvalue weighted by molar-refractivity contribution is 7.88. The van der Waals surface area contributed by atoms with E-state index in [-0.39, 0.29) is 42.3 Å². The number of nitrogens with one attached hydrogen (secondary N) is 2. The monoisotopic (exact) mass is 583 g/mol. The van der Waals surface area contributed by atoms with Crippen molar-refractivity contribution in [2.24, 2.45) is 5.41 Å². The van der Waals surface area contributed by atoms with E-state index in [2.05, 4.69) is 15.6 Å². The number of aromatic nitrogens is 3. The van der Waals surface area contributed by atoms with E-state index in [4.69, 9.17) is 14.7 Å². The summed E-state index contributed by atoms with van der Waals surface area (Å²) in [4.78, 5) is 28.6. The third-order valence-corrected chi connectivity index (χ3v) is 9.20. The van der Waals surface area contributed by atoms with Gasteiger partial charge in [-0.3, -0.25) is 4.98 Å². The summed E-state index contributed by atoms with van der Waals surface area (Å²) in [6, 6.07) is 4.76. The van der Waals surface area contributed by atoms with Crippen molar-refractivity contribution < 1.29 is 22.3 Å². The molecule has 5 heterocycles. The van der Waals surface area contributed by atoms with Crippen LogP contribution in [-0.4, -0.2) is 70.2 Å². The maximum absolute atomic E-state index is 15.0. The summed E-state index contributed by atoms with van der Waals surface area (Å²) in [6.07, 6.45) is 3.33. The number of pyridine rings is 1. The number of anilines is 2. The second kappa shape index (κ2) is 9.57. The van der Waals surface area contributed by atoms with Crippen LogP contribution in [0.4, 0.5) is 20.8 Å². The van der Waals surface area contributed by atoms with Crippen LogP contribution in [0.2, 0.25) is 0 Å². The van der Waals surface area contributed by atoms with Crippen LogP contribution in [0.25, 0.3) is 10.9 Å². The van der Waals surface area contributed by atoms with Gasteiger partial charge in [0.25, 0.3) is 0 Å². The standard InChI is InChI=1S/C28H34FN7O4S/c1-16-8-17-11-30-25(33-21-10-19-13-36(41(5,38)39)12-18(19)9-20(21)29)34-22(17)23(32-16)24-28(14-31-24)6-7-35(15-28)26(37)40-27(2,3)4/h8-11,24,31H,6-7,12-15H2,1-5H3,(H,30,33,34). The van der Waals surface area contributed by atoms with Gasteiger partial charge < -0.3 is 20.3 Å². The maximum Gasteiger partial charge on any atom is 0.410 e. The maximum atomic E-state index is 15.0. The Labute approximate surface area is 238 Å². The van der Waals surface area contributed by atoms with E-state index in [0.717, 1.165) is 41.6 Å². The molecule has 41 heavy (non-hydrogen) atoms. The predicted octanol–water partition coefficient (Wildman–Crippen LogP) is 3.76. The third kappa shape index (κ3) is 5.22. The number of nitrogens with zero attached hydrogens (tertiary/aromatic N) is 5. The number of ether oxygens (including phenoxy) is 1. The predicted molar refractivity (Wildman–Crippen MR) is 151 cm³/mol. The summed E-state index contributed by atoms with van der Waals surface area (Å²) in [5.41, 5.74) is 3.01. The van der Waals surface area contributed by atoms with Gasteiger partial charge in [0.05, 0.1) is 29.2 Å². The molecule has 0 bridgehead atoms. The average Bonchev–Trinajstić information content (AvgIpc) is 3.49. The Bertz CT molecular complexity index is 1680. The molecule has 2 N–H and O–H groups in total. The molecular weight excluding hydrogens is 549 g/mol. The summed E-state index contributed by atoms with van der Waals surface area (Å²) in [5, 5.41) is 7.30. The molecule has 6 rings (SSSR count). The fraction of sp³-hybridized carbons (Fsp3) is 0.500. The first kappa shape index (κ1) is 27.7. The second-order valence-electron chi connectivity index (χ2n) is 12.4. The number of fused-ring (bicyclic) bond motifs is 2. The molecule has 1 aromatic carbocycles. The Balaban J connectivity index is 1.28. The lowest BCUT2D eigenvalue weighted by Gasteiger charge is -2.47. The fourth-order valence-corrected chi connectivity index (χ4v) is 6.69. The quantitative estimate of drug-likeness (QED) is 0.472. The molecule has 0 aliphatic carbocycles. The first-order valence-electron chi connectivity index (χ1n) is 13.6. The van der Waals surface area contributed by atoms with Crippen LogP contribution in [0.15, 0.2) is 24.4 Å². The van der Waals surface area contributed by atoms with Gasteiger partial charge in [-0.05, 0) is 63.4 Å². The van der Waals surface area contributed by atoms with Crippen LogP contribution >= 0.6 is 0 Å². The van der Waals surface area contributed by atoms with Crippen molar-refractivity contribution in [1.82, 2.24) is 29.5 Å². The first-order valence-corrected chi connectivity index (χ1v) is 15.4. The largest absolute Gasteiger partial charge is 0.444 e. The lowest BCUT2D eigenvalue weighted by molar-refractivity contribution is 0.0214. The highest BCUT2D eigenvalue weighted by atomic mass is 32.2. The Kier molecular flexibility index (Phi) is 6.47. The number of hydrogen-bond donors (Lipinski definition) is 2. The van der Waals surface area contributed by atoms with E-state index in [9.17, 15) is 13.2 Å². The van der Waals surface area contributed by atoms with Gasteiger partial charge in [0.2, 0.25) is 16.0 Å². The number of likely N-dealkylation sites (tertiary alicyclic amines) is 1. The van der Waals surface area contributed by atoms with E-state index in [1.165, 1.54) is 10.4 Å². The van der Waals surface area contributed by atoms with Crippen molar-refractivity contribution in [3.63, 3.8) is 0 Å². The SMILES string of the molecule is Cc1cc2cnc(Nc3cc4c(cc3F)CN(S(C)(=O)=O)C4)nc2c(C2NCC23CCN(C(=O)OC(C)(C)C)C3)n1. The minimum absolute atomic E-state index is 0.126. The van der Waals surface area contributed by atoms with Crippen molar-refractivity contribution in [1.29, 1.82) is 0 Å². The Hall–Kier alpha value is -3.42. The molecule has 0 radical (unpaired) electrons. The molecule has 2 fully saturated rings. The van der Waals surface area contributed by atoms with E-state index in [1.54, 1.807) is 17.2 Å². The van der Waals surface area contributed by atoms with Crippen molar-refractivity contribution in [3.8, 4) is 0 Å². The molecule has 2 unspecified atom stereocenters. The smallest absolute Gasteiger partial charge is 0.410 e. The number of carbonyl (C=O) groups is 1. The molecule has 3 aliphatic heterocycles. The van der Waals surface area contributed by atoms with E-state index < -0.39 is 21.4 Å². The van der Waals surface area contributed by atoms with Crippen molar-refractivity contribution in [2.45, 2.75) is 58.8 Å². The van der Waals surface area contributed by atoms with E-state index >= 15 is 4.39 Å². The lowest BCUT2D eigenvalue weighted by Crippen LogP contribution is -2.58. The topological polar surface area (TPSA) is 130 Å². The van der Waals surface area contributed by atoms with Crippen LogP contribution < -0.4 is 10.6 Å². The number of halogens is 1. The molecule has 1 amide bonds. The Morgan fingerprint density at radius 1 is 1.20 bits per heavy atom. The number of carbonyl (C=O) groups excluding carboxylic acids is 1. The average molecular weight is 584 g/mol. The van der Waals surface area contributed by atoms with Crippen LogP contribution in [0.5, 0.6) is 0 Å². The van der Waals surface area contributed by atoms with E-state index in [1.807, 2.05) is 33.8 Å². The van der Waals surface area contributed by atoms with Crippen LogP contribution in [-0.2, 0) is 27.8 Å². The molecule has 0 saturated carbocycles. The molecule has 1 spiro atoms. The van der Waals surface area contributed by atoms with Gasteiger partial charge in [-0.25, -0.2) is 27.6 Å². The Morgan fingerprint density at radius 2 is 1.93 bits per heavy atom. The van der Waals surface area contributed by atoms with Crippen molar-refractivity contribution >= 4 is 38.7 Å². The zero-order valence-electron chi connectivity index (χ0n) is 23.8. The molecule has 2 aromatic heterocycles. The molecule has 11 nitrogen and oxygen atoms in total. The highest BCUT2D eigenvalue weighted by Gasteiger charge is 2.54. The van der Waals surface area contributed by atoms with Crippen molar-refractivity contribution in [2.75, 3.05) is 31.2 Å². The lowest BCUT2D eigenvalue weighted by atomic mass is 9.71. The normalized spacial score (nSPS) is 22.7. The van der Waals surface area contributed by atoms with Gasteiger partial charge in [0.1, 0.15) is 11.4 Å². The molecular formula is C28H34FN7O4S. The molecule has 13 heteroatoms. The zero-order valence-corrected chi connectivity index (χ0v) is 24.6. The summed E-state index contributed by atoms with van der Waals surface area (Å²) >= 11 is 0. The van der Waals surface area contributed by atoms with Crippen LogP contribution in [0.1, 0.15) is 55.7 Å². The minimum atomic E-state index is -3.39. The number of benzene rings is 1. The summed E-state index contributed by atoms with van der Waals surface area (Å²) in [6.45, 7) is 9.73. The van der Waals surface area contributed by atoms with Gasteiger partial charge in [-0.1, -0.05) is 0 Å².